The molecule has 0 saturated heterocycles. The van der Waals surface area contributed by atoms with Crippen molar-refractivity contribution in [1.29, 1.82) is 0 Å². The zero-order chi connectivity index (χ0) is 13.8. The highest BCUT2D eigenvalue weighted by atomic mass is 32.2. The fourth-order valence-corrected chi connectivity index (χ4v) is 2.58. The van der Waals surface area contributed by atoms with Crippen LogP contribution < -0.4 is 4.72 Å². The minimum atomic E-state index is -3.62. The Bertz CT molecular complexity index is 468. The lowest BCUT2D eigenvalue weighted by molar-refractivity contribution is 0.152. The van der Waals surface area contributed by atoms with Gasteiger partial charge in [-0.3, -0.25) is 0 Å². The fourth-order valence-electron chi connectivity index (χ4n) is 1.56. The summed E-state index contributed by atoms with van der Waals surface area (Å²) in [6.07, 6.45) is 2.83. The van der Waals surface area contributed by atoms with Gasteiger partial charge in [0.15, 0.2) is 5.03 Å². The maximum atomic E-state index is 11.9. The topological polar surface area (TPSA) is 84.2 Å². The van der Waals surface area contributed by atoms with Crippen molar-refractivity contribution in [3.8, 4) is 0 Å². The van der Waals surface area contributed by atoms with Gasteiger partial charge < -0.3 is 9.67 Å². The highest BCUT2D eigenvalue weighted by Gasteiger charge is 2.18. The van der Waals surface area contributed by atoms with E-state index in [1.165, 1.54) is 12.5 Å². The number of aromatic nitrogens is 2. The van der Waals surface area contributed by atoms with Gasteiger partial charge in [-0.05, 0) is 19.3 Å². The number of hydrogen-bond donors (Lipinski definition) is 2. The molecule has 104 valence electrons. The highest BCUT2D eigenvalue weighted by molar-refractivity contribution is 7.89. The van der Waals surface area contributed by atoms with Crippen LogP contribution in [0.5, 0.6) is 0 Å². The van der Waals surface area contributed by atoms with Crippen LogP contribution in [-0.4, -0.2) is 35.7 Å². The summed E-state index contributed by atoms with van der Waals surface area (Å²) in [4.78, 5) is 3.83. The second-order valence-electron chi connectivity index (χ2n) is 4.68. The molecule has 1 aromatic heterocycles. The van der Waals surface area contributed by atoms with Crippen molar-refractivity contribution in [3.63, 3.8) is 0 Å². The first-order valence-corrected chi connectivity index (χ1v) is 7.53. The molecule has 18 heavy (non-hydrogen) atoms. The van der Waals surface area contributed by atoms with Crippen LogP contribution in [0.4, 0.5) is 0 Å². The van der Waals surface area contributed by atoms with Crippen LogP contribution >= 0.6 is 0 Å². The molecule has 1 unspecified atom stereocenters. The SMILES string of the molecule is CCn1cnc(S(=O)(=O)NCC(O)CC(C)C)c1. The van der Waals surface area contributed by atoms with Gasteiger partial charge in [0.1, 0.15) is 0 Å². The molecule has 0 bridgehead atoms. The standard InChI is InChI=1S/C11H21N3O3S/c1-4-14-7-11(12-8-14)18(16,17)13-6-10(15)5-9(2)3/h7-10,13,15H,4-6H2,1-3H3. The third-order valence-electron chi connectivity index (χ3n) is 2.50. The maximum absolute atomic E-state index is 11.9. The molecule has 7 heteroatoms. The van der Waals surface area contributed by atoms with E-state index in [4.69, 9.17) is 0 Å². The van der Waals surface area contributed by atoms with Gasteiger partial charge in [-0.2, -0.15) is 0 Å². The Morgan fingerprint density at radius 3 is 2.67 bits per heavy atom. The van der Waals surface area contributed by atoms with Crippen LogP contribution in [0.3, 0.4) is 0 Å². The number of nitrogens with one attached hydrogen (secondary N) is 1. The zero-order valence-corrected chi connectivity index (χ0v) is 11.8. The largest absolute Gasteiger partial charge is 0.392 e. The third kappa shape index (κ3) is 4.40. The Morgan fingerprint density at radius 1 is 1.50 bits per heavy atom. The quantitative estimate of drug-likeness (QED) is 0.762. The molecule has 1 rings (SSSR count). The molecule has 0 radical (unpaired) electrons. The molecule has 1 atom stereocenters. The van der Waals surface area contributed by atoms with Crippen molar-refractivity contribution in [2.75, 3.05) is 6.54 Å². The predicted octanol–water partition coefficient (Wildman–Crippen LogP) is 0.588. The smallest absolute Gasteiger partial charge is 0.259 e. The second-order valence-corrected chi connectivity index (χ2v) is 6.39. The molecule has 0 aliphatic rings. The summed E-state index contributed by atoms with van der Waals surface area (Å²) < 4.78 is 27.8. The van der Waals surface area contributed by atoms with Crippen LogP contribution in [0, 0.1) is 5.92 Å². The van der Waals surface area contributed by atoms with E-state index in [1.807, 2.05) is 20.8 Å². The van der Waals surface area contributed by atoms with Gasteiger partial charge in [0.05, 0.1) is 12.4 Å². The van der Waals surface area contributed by atoms with E-state index in [-0.39, 0.29) is 11.6 Å². The van der Waals surface area contributed by atoms with E-state index in [0.717, 1.165) is 0 Å². The number of rotatable bonds is 7. The van der Waals surface area contributed by atoms with Crippen LogP contribution in [0.2, 0.25) is 0 Å². The molecule has 0 aromatic carbocycles. The average Bonchev–Trinajstić information content (AvgIpc) is 2.75. The lowest BCUT2D eigenvalue weighted by Gasteiger charge is -2.13. The van der Waals surface area contributed by atoms with Crippen molar-refractivity contribution >= 4 is 10.0 Å². The Balaban J connectivity index is 2.59. The summed E-state index contributed by atoms with van der Waals surface area (Å²) in [5.41, 5.74) is 0. The van der Waals surface area contributed by atoms with Gasteiger partial charge in [-0.25, -0.2) is 18.1 Å². The van der Waals surface area contributed by atoms with E-state index in [0.29, 0.717) is 18.9 Å². The predicted molar refractivity (Wildman–Crippen MR) is 68.6 cm³/mol. The number of hydrogen-bond acceptors (Lipinski definition) is 4. The molecular weight excluding hydrogens is 254 g/mol. The molecule has 0 saturated carbocycles. The van der Waals surface area contributed by atoms with E-state index >= 15 is 0 Å². The second kappa shape index (κ2) is 6.31. The molecule has 0 fully saturated rings. The number of aliphatic hydroxyl groups is 1. The molecular formula is C11H21N3O3S. The van der Waals surface area contributed by atoms with Gasteiger partial charge in [-0.15, -0.1) is 0 Å². The van der Waals surface area contributed by atoms with Crippen LogP contribution in [0.1, 0.15) is 27.2 Å². The van der Waals surface area contributed by atoms with Gasteiger partial charge in [0.25, 0.3) is 10.0 Å². The minimum Gasteiger partial charge on any atom is -0.392 e. The summed E-state index contributed by atoms with van der Waals surface area (Å²) >= 11 is 0. The highest BCUT2D eigenvalue weighted by Crippen LogP contribution is 2.07. The van der Waals surface area contributed by atoms with Gasteiger partial charge in [-0.1, -0.05) is 13.8 Å². The zero-order valence-electron chi connectivity index (χ0n) is 11.0. The Labute approximate surface area is 108 Å². The molecule has 0 amide bonds. The summed E-state index contributed by atoms with van der Waals surface area (Å²) in [6, 6.07) is 0. The van der Waals surface area contributed by atoms with E-state index in [2.05, 4.69) is 9.71 Å². The Morgan fingerprint density at radius 2 is 2.17 bits per heavy atom. The lowest BCUT2D eigenvalue weighted by Crippen LogP contribution is -2.33. The first-order valence-electron chi connectivity index (χ1n) is 6.04. The van der Waals surface area contributed by atoms with Crippen LogP contribution in [-0.2, 0) is 16.6 Å². The van der Waals surface area contributed by atoms with Gasteiger partial charge in [0.2, 0.25) is 0 Å². The van der Waals surface area contributed by atoms with Gasteiger partial charge in [0, 0.05) is 19.3 Å². The Hall–Kier alpha value is -0.920. The van der Waals surface area contributed by atoms with Crippen molar-refractivity contribution in [1.82, 2.24) is 14.3 Å². The number of aliphatic hydroxyl groups excluding tert-OH is 1. The van der Waals surface area contributed by atoms with E-state index < -0.39 is 16.1 Å². The normalized spacial score (nSPS) is 14.1. The molecule has 1 aromatic rings. The number of imidazole rings is 1. The van der Waals surface area contributed by atoms with Crippen LogP contribution in [0.25, 0.3) is 0 Å². The monoisotopic (exact) mass is 275 g/mol. The van der Waals surface area contributed by atoms with Crippen molar-refractivity contribution in [3.05, 3.63) is 12.5 Å². The Kier molecular flexibility index (Phi) is 5.30. The summed E-state index contributed by atoms with van der Waals surface area (Å²) in [6.45, 7) is 6.52. The first kappa shape index (κ1) is 15.1. The summed E-state index contributed by atoms with van der Waals surface area (Å²) in [5.74, 6) is 0.323. The number of sulfonamides is 1. The molecule has 0 aliphatic carbocycles. The average molecular weight is 275 g/mol. The summed E-state index contributed by atoms with van der Waals surface area (Å²) in [7, 11) is -3.62. The van der Waals surface area contributed by atoms with Crippen molar-refractivity contribution < 1.29 is 13.5 Å². The minimum absolute atomic E-state index is 0.0129. The lowest BCUT2D eigenvalue weighted by atomic mass is 10.1. The molecule has 2 N–H and O–H groups in total. The number of aryl methyl sites for hydroxylation is 1. The molecule has 6 nitrogen and oxygen atoms in total. The van der Waals surface area contributed by atoms with Crippen molar-refractivity contribution in [2.24, 2.45) is 5.92 Å². The van der Waals surface area contributed by atoms with E-state index in [9.17, 15) is 13.5 Å². The first-order chi connectivity index (χ1) is 8.35. The number of nitrogens with zero attached hydrogens (tertiary/aromatic N) is 2. The van der Waals surface area contributed by atoms with Crippen LogP contribution in [0.15, 0.2) is 17.6 Å². The van der Waals surface area contributed by atoms with Crippen molar-refractivity contribution in [2.45, 2.75) is 44.9 Å². The third-order valence-corrected chi connectivity index (χ3v) is 3.81. The molecule has 0 spiro atoms. The van der Waals surface area contributed by atoms with Gasteiger partial charge >= 0.3 is 0 Å². The summed E-state index contributed by atoms with van der Waals surface area (Å²) in [5, 5.41) is 9.62. The molecule has 0 aliphatic heterocycles. The molecule has 1 heterocycles. The van der Waals surface area contributed by atoms with E-state index in [1.54, 1.807) is 4.57 Å². The fraction of sp³-hybridized carbons (Fsp3) is 0.727. The maximum Gasteiger partial charge on any atom is 0.259 e.